The van der Waals surface area contributed by atoms with Gasteiger partial charge in [-0.1, -0.05) is 27.4 Å². The van der Waals surface area contributed by atoms with Gasteiger partial charge in [-0.25, -0.2) is 0 Å². The van der Waals surface area contributed by atoms with Crippen molar-refractivity contribution in [2.24, 2.45) is 23.4 Å². The van der Waals surface area contributed by atoms with Gasteiger partial charge in [-0.15, -0.1) is 0 Å². The third kappa shape index (κ3) is 4.75. The molecule has 0 amide bonds. The molecule has 30 heavy (non-hydrogen) atoms. The van der Waals surface area contributed by atoms with Crippen molar-refractivity contribution in [3.8, 4) is 11.5 Å². The van der Waals surface area contributed by atoms with Crippen molar-refractivity contribution in [1.29, 1.82) is 0 Å². The van der Waals surface area contributed by atoms with Gasteiger partial charge >= 0.3 is 5.97 Å². The van der Waals surface area contributed by atoms with Crippen LogP contribution in [0.4, 0.5) is 0 Å². The summed E-state index contributed by atoms with van der Waals surface area (Å²) < 4.78 is 244. The maximum atomic E-state index is 14.0. The molecule has 0 saturated carbocycles. The quantitative estimate of drug-likeness (QED) is 0.647. The Bertz CT molecular complexity index is 1740. The molecule has 2 aliphatic heterocycles. The minimum atomic E-state index is -5.06. The van der Waals surface area contributed by atoms with E-state index in [1.807, 2.05) is 0 Å². The number of ether oxygens (including phenoxy) is 3. The number of carbonyl (C=O) groups excluding carboxylic acids is 1. The molecular formula is C24H38N2O4. The van der Waals surface area contributed by atoms with E-state index in [2.05, 4.69) is 0 Å². The molecule has 1 saturated heterocycles. The minimum Gasteiger partial charge on any atom is -0.493 e. The standard InChI is InChI=1S/C24H38N2O4/c1-14(2)9-17-13-26-8-7-16-10-21(28-5)22(29-6)11-18(16)19(26)12-20(17)30-24(27)23(25)15(3)4/h10-11,14-15,17,19-20,23H,7-9,12-13,25H2,1-6H3/t17?,19?,20?,23-/m0/s1/i1D3,2D3,3D3,4D3,7D2,8D2,9D2,12D2,13D2,14D,15D,17D,19D,23D. The van der Waals surface area contributed by atoms with Crippen molar-refractivity contribution in [2.45, 2.75) is 64.7 Å². The lowest BCUT2D eigenvalue weighted by molar-refractivity contribution is -0.160. The van der Waals surface area contributed by atoms with Crippen LogP contribution in [0.1, 0.15) is 94.3 Å². The Kier molecular flexibility index (Phi) is 2.03. The lowest BCUT2D eigenvalue weighted by Gasteiger charge is -2.47. The summed E-state index contributed by atoms with van der Waals surface area (Å²) in [5, 5.41) is 0. The van der Waals surface area contributed by atoms with Crippen molar-refractivity contribution in [3.05, 3.63) is 23.3 Å². The molecule has 3 unspecified atom stereocenters. The van der Waals surface area contributed by atoms with Gasteiger partial charge in [0.2, 0.25) is 0 Å². The zero-order chi connectivity index (χ0) is 45.6. The van der Waals surface area contributed by atoms with Gasteiger partial charge in [-0.2, -0.15) is 0 Å². The topological polar surface area (TPSA) is 74.0 Å². The first-order valence-electron chi connectivity index (χ1n) is 21.8. The normalized spacial score (nSPS) is 53.7. The number of esters is 1. The Hall–Kier alpha value is -1.79. The second-order valence-electron chi connectivity index (χ2n) is 5.92. The zero-order valence-electron chi connectivity index (χ0n) is 42.9. The van der Waals surface area contributed by atoms with Crippen LogP contribution in [0.5, 0.6) is 11.5 Å². The van der Waals surface area contributed by atoms with Gasteiger partial charge < -0.3 is 19.9 Å². The fraction of sp³-hybridized carbons (Fsp3) is 0.708. The van der Waals surface area contributed by atoms with E-state index in [4.69, 9.17) is 48.7 Å². The number of fused-ring (bicyclic) bond motifs is 3. The average molecular weight is 446 g/mol. The monoisotopic (exact) mass is 445 g/mol. The fourth-order valence-corrected chi connectivity index (χ4v) is 2.66. The molecule has 0 radical (unpaired) electrons. The second-order valence-corrected chi connectivity index (χ2v) is 5.92. The zero-order valence-corrected chi connectivity index (χ0v) is 15.9. The number of rotatable bonds is 7. The number of hydrogen-bond acceptors (Lipinski definition) is 6. The van der Waals surface area contributed by atoms with Crippen LogP contribution in [0.2, 0.25) is 0 Å². The summed E-state index contributed by atoms with van der Waals surface area (Å²) >= 11 is 0. The first-order valence-corrected chi connectivity index (χ1v) is 8.31. The number of nitrogens with two attached hydrogens (primary N) is 1. The molecule has 2 aliphatic rings. The largest absolute Gasteiger partial charge is 0.493 e. The number of piperidine rings is 1. The Morgan fingerprint density at radius 3 is 2.77 bits per heavy atom. The molecule has 0 bridgehead atoms. The van der Waals surface area contributed by atoms with Crippen LogP contribution in [-0.4, -0.2) is 50.2 Å². The van der Waals surface area contributed by atoms with Crippen LogP contribution in [0.15, 0.2) is 12.1 Å². The highest BCUT2D eigenvalue weighted by Crippen LogP contribution is 2.44. The molecule has 3 rings (SSSR count). The molecule has 0 aliphatic carbocycles. The smallest absolute Gasteiger partial charge is 0.323 e. The first kappa shape index (κ1) is 6.38. The molecule has 6 heteroatoms. The van der Waals surface area contributed by atoms with Gasteiger partial charge in [-0.3, -0.25) is 9.69 Å². The molecule has 2 N–H and O–H groups in total. The minimum absolute atomic E-state index is 0.390. The third-order valence-corrected chi connectivity index (χ3v) is 4.04. The van der Waals surface area contributed by atoms with E-state index in [0.717, 1.165) is 14.2 Å². The van der Waals surface area contributed by atoms with E-state index in [-0.39, 0.29) is 5.75 Å². The number of methoxy groups -OCH3 is 2. The lowest BCUT2D eigenvalue weighted by atomic mass is 9.79. The summed E-state index contributed by atoms with van der Waals surface area (Å²) in [5.41, 5.74) is 3.45. The van der Waals surface area contributed by atoms with E-state index in [1.165, 1.54) is 0 Å². The van der Waals surface area contributed by atoms with Gasteiger partial charge in [0.15, 0.2) is 11.5 Å². The summed E-state index contributed by atoms with van der Waals surface area (Å²) in [6, 6.07) is -7.23. The Balaban J connectivity index is 2.75. The van der Waals surface area contributed by atoms with E-state index >= 15 is 0 Å². The Labute approximate surface area is 219 Å². The molecule has 1 fully saturated rings. The fourth-order valence-electron chi connectivity index (χ4n) is 2.66. The van der Waals surface area contributed by atoms with E-state index in [1.54, 1.807) is 0 Å². The number of benzene rings is 1. The number of aryl methyl sites for hydroxylation is 1. The second kappa shape index (κ2) is 9.56. The molecule has 4 atom stereocenters. The van der Waals surface area contributed by atoms with Gasteiger partial charge in [0, 0.05) is 65.5 Å². The van der Waals surface area contributed by atoms with Crippen LogP contribution in [-0.2, 0) is 15.9 Å². The van der Waals surface area contributed by atoms with Gasteiger partial charge in [-0.05, 0) is 47.8 Å². The van der Waals surface area contributed by atoms with Crippen LogP contribution in [0.25, 0.3) is 0 Å². The predicted molar refractivity (Wildman–Crippen MR) is 118 cm³/mol. The lowest BCUT2D eigenvalue weighted by Crippen LogP contribution is -2.51. The van der Waals surface area contributed by atoms with Crippen molar-refractivity contribution in [3.63, 3.8) is 0 Å². The van der Waals surface area contributed by atoms with Crippen molar-refractivity contribution >= 4 is 5.97 Å². The van der Waals surface area contributed by atoms with Crippen LogP contribution < -0.4 is 15.2 Å². The van der Waals surface area contributed by atoms with Crippen LogP contribution >= 0.6 is 0 Å². The molecule has 2 heterocycles. The van der Waals surface area contributed by atoms with E-state index < -0.39 is 123 Å². The van der Waals surface area contributed by atoms with Crippen molar-refractivity contribution in [2.75, 3.05) is 27.2 Å². The van der Waals surface area contributed by atoms with Crippen molar-refractivity contribution < 1.29 is 56.0 Å². The SMILES string of the molecule is [2H]C([2H])([2H])C([2H])(C([2H])([2H])[2H])C([2H])([2H])C1([2H])C(OC(=O)[C@@]([2H])(N)C([2H])(C([2H])([2H])[2H])C([2H])([2H])[2H])C([2H])([2H])C2([2H])c3cc(OC)c(OC)cc3C([2H])([2H])C([2H])([2H])N2C1([2H])[2H]. The van der Waals surface area contributed by atoms with Gasteiger partial charge in [0.25, 0.3) is 0 Å². The molecule has 1 aromatic rings. The third-order valence-electron chi connectivity index (χ3n) is 4.04. The highest BCUT2D eigenvalue weighted by Gasteiger charge is 2.41. The predicted octanol–water partition coefficient (Wildman–Crippen LogP) is 3.56. The van der Waals surface area contributed by atoms with Crippen LogP contribution in [0, 0.1) is 17.7 Å². The molecule has 1 aromatic carbocycles. The Morgan fingerprint density at radius 2 is 2.10 bits per heavy atom. The van der Waals surface area contributed by atoms with Gasteiger partial charge in [0.05, 0.1) is 17.0 Å². The summed E-state index contributed by atoms with van der Waals surface area (Å²) in [6.45, 7) is -26.5. The summed E-state index contributed by atoms with van der Waals surface area (Å²) in [7, 11) is 2.01. The van der Waals surface area contributed by atoms with Crippen molar-refractivity contribution in [1.82, 2.24) is 4.90 Å². The molecule has 168 valence electrons. The van der Waals surface area contributed by atoms with E-state index in [0.29, 0.717) is 12.1 Å². The number of hydrogen-bond donors (Lipinski definition) is 1. The van der Waals surface area contributed by atoms with Gasteiger partial charge in [0.1, 0.15) is 12.1 Å². The number of nitrogens with zero attached hydrogens (tertiary/aromatic N) is 1. The molecule has 6 nitrogen and oxygen atoms in total. The Morgan fingerprint density at radius 1 is 1.37 bits per heavy atom. The molecule has 0 aromatic heterocycles. The average Bonchev–Trinajstić information content (AvgIpc) is 3.00. The molecular weight excluding hydrogens is 380 g/mol. The summed E-state index contributed by atoms with van der Waals surface area (Å²) in [6.07, 6.45) is -17.2. The maximum Gasteiger partial charge on any atom is 0.323 e. The number of carbonyl (C=O) groups is 1. The summed E-state index contributed by atoms with van der Waals surface area (Å²) in [4.78, 5) is 13.3. The van der Waals surface area contributed by atoms with E-state index in [9.17, 15) is 13.0 Å². The first-order chi connectivity index (χ1) is 24.7. The highest BCUT2D eigenvalue weighted by atomic mass is 16.5. The summed E-state index contributed by atoms with van der Waals surface area (Å²) in [5.74, 6) is -18.1. The van der Waals surface area contributed by atoms with Crippen LogP contribution in [0.3, 0.4) is 0 Å². The molecule has 0 spiro atoms. The highest BCUT2D eigenvalue weighted by molar-refractivity contribution is 5.76. The maximum absolute atomic E-state index is 14.0.